The smallest absolute Gasteiger partial charge is 0.222 e. The largest absolute Gasteiger partial charge is 0.389 e. The molecule has 7 heteroatoms. The predicted molar refractivity (Wildman–Crippen MR) is 198 cm³/mol. The first kappa shape index (κ1) is 34.1. The maximum atomic E-state index is 13.6. The molecule has 3 aromatic carbocycles. The molecule has 48 heavy (non-hydrogen) atoms. The van der Waals surface area contributed by atoms with Crippen molar-refractivity contribution in [2.75, 3.05) is 20.2 Å². The van der Waals surface area contributed by atoms with Gasteiger partial charge >= 0.3 is 0 Å². The van der Waals surface area contributed by atoms with E-state index in [1.807, 2.05) is 31.3 Å². The lowest BCUT2D eigenvalue weighted by atomic mass is 9.61. The van der Waals surface area contributed by atoms with Gasteiger partial charge in [-0.1, -0.05) is 117 Å². The number of hydrogen-bond acceptors (Lipinski definition) is 4. The molecule has 0 saturated heterocycles. The van der Waals surface area contributed by atoms with Crippen LogP contribution in [-0.2, 0) is 22.7 Å². The van der Waals surface area contributed by atoms with E-state index in [4.69, 9.17) is 9.72 Å². The van der Waals surface area contributed by atoms with E-state index in [2.05, 4.69) is 97.0 Å². The number of carbonyl (C=O) groups is 1. The molecule has 6 nitrogen and oxygen atoms in total. The Morgan fingerprint density at radius 1 is 0.938 bits per heavy atom. The maximum absolute atomic E-state index is 13.6. The van der Waals surface area contributed by atoms with Crippen LogP contribution < -0.4 is 0 Å². The van der Waals surface area contributed by atoms with Crippen LogP contribution >= 0.6 is 0 Å². The molecule has 7 rings (SSSR count). The molecule has 2 bridgehead atoms. The van der Waals surface area contributed by atoms with E-state index < -0.39 is 13.7 Å². The van der Waals surface area contributed by atoms with Crippen molar-refractivity contribution in [1.82, 2.24) is 14.5 Å². The molecule has 3 unspecified atom stereocenters. The molecule has 1 saturated carbocycles. The van der Waals surface area contributed by atoms with Crippen LogP contribution in [-0.4, -0.2) is 59.3 Å². The first-order valence-electron chi connectivity index (χ1n) is 17.6. The summed E-state index contributed by atoms with van der Waals surface area (Å²) in [5.41, 5.74) is 5.92. The Morgan fingerprint density at radius 2 is 1.56 bits per heavy atom. The van der Waals surface area contributed by atoms with Crippen molar-refractivity contribution in [1.29, 1.82) is 0 Å². The van der Waals surface area contributed by atoms with Crippen LogP contribution in [0.25, 0.3) is 28.1 Å². The third-order valence-corrected chi connectivity index (χ3v) is 12.0. The Kier molecular flexibility index (Phi) is 10.5. The van der Waals surface area contributed by atoms with Crippen molar-refractivity contribution >= 4 is 19.6 Å². The van der Waals surface area contributed by atoms with E-state index in [0.717, 1.165) is 53.6 Å². The Hall–Kier alpha value is -3.78. The Balaban J connectivity index is 1.16. The molecule has 0 spiro atoms. The summed E-state index contributed by atoms with van der Waals surface area (Å²) >= 11 is 0. The fourth-order valence-electron chi connectivity index (χ4n) is 7.38. The van der Waals surface area contributed by atoms with E-state index in [9.17, 15) is 9.90 Å². The Bertz CT molecular complexity index is 1700. The van der Waals surface area contributed by atoms with Crippen LogP contribution in [0.5, 0.6) is 0 Å². The highest BCUT2D eigenvalue weighted by atomic mass is 28.3. The molecule has 1 amide bonds. The van der Waals surface area contributed by atoms with Crippen molar-refractivity contribution in [3.05, 3.63) is 108 Å². The second kappa shape index (κ2) is 14.8. The maximum Gasteiger partial charge on any atom is 0.222 e. The molecule has 252 valence electrons. The van der Waals surface area contributed by atoms with Gasteiger partial charge in [-0.2, -0.15) is 0 Å². The van der Waals surface area contributed by atoms with E-state index in [-0.39, 0.29) is 11.8 Å². The second-order valence-corrected chi connectivity index (χ2v) is 20.6. The van der Waals surface area contributed by atoms with E-state index in [1.165, 1.54) is 11.1 Å². The summed E-state index contributed by atoms with van der Waals surface area (Å²) in [5.74, 6) is 1.41. The number of aromatic nitrogens is 2. The van der Waals surface area contributed by atoms with Crippen molar-refractivity contribution in [3.8, 4) is 22.5 Å². The molecular weight excluding hydrogens is 611 g/mol. The van der Waals surface area contributed by atoms with Crippen molar-refractivity contribution in [2.24, 2.45) is 11.8 Å². The highest BCUT2D eigenvalue weighted by Gasteiger charge is 2.46. The molecule has 1 heterocycles. The minimum atomic E-state index is -1.25. The number of carbonyl (C=O) groups excluding carboxylic acids is 1. The number of aryl methyl sites for hydroxylation is 1. The molecular formula is C41H51N3O3Si. The van der Waals surface area contributed by atoms with Crippen LogP contribution in [0.3, 0.4) is 0 Å². The highest BCUT2D eigenvalue weighted by molar-refractivity contribution is 6.76. The highest BCUT2D eigenvalue weighted by Crippen LogP contribution is 2.51. The van der Waals surface area contributed by atoms with E-state index in [0.29, 0.717) is 45.1 Å². The number of allylic oxidation sites excluding steroid dienone is 1. The lowest BCUT2D eigenvalue weighted by molar-refractivity contribution is -0.131. The number of rotatable bonds is 14. The molecule has 4 aromatic rings. The van der Waals surface area contributed by atoms with Gasteiger partial charge in [0.05, 0.1) is 17.0 Å². The van der Waals surface area contributed by atoms with Crippen molar-refractivity contribution in [3.63, 3.8) is 0 Å². The third-order valence-electron chi connectivity index (χ3n) is 10.3. The summed E-state index contributed by atoms with van der Waals surface area (Å²) in [6.07, 6.45) is 6.64. The minimum Gasteiger partial charge on any atom is -0.389 e. The van der Waals surface area contributed by atoms with Gasteiger partial charge < -0.3 is 19.3 Å². The number of benzene rings is 3. The lowest BCUT2D eigenvalue weighted by Crippen LogP contribution is -2.48. The minimum absolute atomic E-state index is 0.0665. The monoisotopic (exact) mass is 661 g/mol. The van der Waals surface area contributed by atoms with Gasteiger partial charge in [-0.3, -0.25) is 4.79 Å². The quantitative estimate of drug-likeness (QED) is 0.109. The van der Waals surface area contributed by atoms with Gasteiger partial charge in [0.2, 0.25) is 5.91 Å². The summed E-state index contributed by atoms with van der Waals surface area (Å²) in [4.78, 5) is 20.6. The van der Waals surface area contributed by atoms with Crippen LogP contribution in [0.4, 0.5) is 0 Å². The predicted octanol–water partition coefficient (Wildman–Crippen LogP) is 8.56. The molecule has 3 aliphatic rings. The molecule has 0 aliphatic heterocycles. The Labute approximate surface area is 287 Å². The standard InChI is InChI=1S/C41H51N3O3Si/c1-43(25-24-41(46)29-34-20-21-35(41)28-36(34)31-14-8-5-9-15-31)38(45)23-22-37-42-39(32-16-10-6-11-17-32)40(33-18-12-7-13-19-33)44(37)30-47-26-27-48(2,3)4/h5-19,28,34-35,46H,20-27,29-30H2,1-4H3. The van der Waals surface area contributed by atoms with Crippen LogP contribution in [0.1, 0.15) is 43.5 Å². The first-order valence-corrected chi connectivity index (χ1v) is 21.3. The normalized spacial score (nSPS) is 20.5. The fraction of sp³-hybridized carbons (Fsp3) is 0.415. The number of hydrogen-bond donors (Lipinski definition) is 1. The first-order chi connectivity index (χ1) is 23.1. The summed E-state index contributed by atoms with van der Waals surface area (Å²) in [6, 6.07) is 32.3. The summed E-state index contributed by atoms with van der Waals surface area (Å²) < 4.78 is 8.48. The molecule has 1 N–H and O–H groups in total. The van der Waals surface area contributed by atoms with Crippen LogP contribution in [0.15, 0.2) is 97.1 Å². The fourth-order valence-corrected chi connectivity index (χ4v) is 8.14. The molecule has 1 aromatic heterocycles. The number of amides is 1. The second-order valence-electron chi connectivity index (χ2n) is 15.0. The van der Waals surface area contributed by atoms with Gasteiger partial charge in [0.15, 0.2) is 0 Å². The van der Waals surface area contributed by atoms with Gasteiger partial charge in [-0.25, -0.2) is 4.98 Å². The zero-order chi connectivity index (χ0) is 33.7. The Morgan fingerprint density at radius 3 is 2.17 bits per heavy atom. The molecule has 3 atom stereocenters. The average molecular weight is 662 g/mol. The van der Waals surface area contributed by atoms with Crippen molar-refractivity contribution < 1.29 is 14.6 Å². The van der Waals surface area contributed by atoms with Gasteiger partial charge in [0.25, 0.3) is 0 Å². The number of imidazole rings is 1. The van der Waals surface area contributed by atoms with Crippen LogP contribution in [0, 0.1) is 11.8 Å². The summed E-state index contributed by atoms with van der Waals surface area (Å²) in [7, 11) is 0.622. The average Bonchev–Trinajstić information content (AvgIpc) is 3.47. The van der Waals surface area contributed by atoms with Crippen molar-refractivity contribution in [2.45, 2.75) is 76.5 Å². The number of fused-ring (bicyclic) bond motifs is 2. The van der Waals surface area contributed by atoms with Crippen LogP contribution in [0.2, 0.25) is 25.7 Å². The van der Waals surface area contributed by atoms with Gasteiger partial charge in [-0.05, 0) is 48.8 Å². The zero-order valence-corrected chi connectivity index (χ0v) is 30.1. The van der Waals surface area contributed by atoms with Gasteiger partial charge in [-0.15, -0.1) is 0 Å². The van der Waals surface area contributed by atoms with E-state index >= 15 is 0 Å². The molecule has 0 radical (unpaired) electrons. The SMILES string of the molecule is CN(CCC1(O)CC2CCC1C=C2c1ccccc1)C(=O)CCc1nc(-c2ccccc2)c(-c2ccccc2)n1COCC[Si](C)(C)C. The zero-order valence-electron chi connectivity index (χ0n) is 29.1. The van der Waals surface area contributed by atoms with Gasteiger partial charge in [0.1, 0.15) is 12.6 Å². The summed E-state index contributed by atoms with van der Waals surface area (Å²) in [6.45, 7) is 8.71. The lowest BCUT2D eigenvalue weighted by Gasteiger charge is -2.48. The van der Waals surface area contributed by atoms with E-state index in [1.54, 1.807) is 4.90 Å². The third kappa shape index (κ3) is 7.91. The number of aliphatic hydroxyl groups is 1. The molecule has 3 aliphatic carbocycles. The molecule has 1 fully saturated rings. The summed E-state index contributed by atoms with van der Waals surface area (Å²) in [5, 5.41) is 11.8. The number of ether oxygens (including phenoxy) is 1. The number of nitrogens with zero attached hydrogens (tertiary/aromatic N) is 3. The van der Waals surface area contributed by atoms with Gasteiger partial charge in [0, 0.05) is 58.2 Å². The topological polar surface area (TPSA) is 67.6 Å².